The topological polar surface area (TPSA) is 31.6 Å². The SMILES string of the molecule is CN1CCN(C)C(Cn2ccc3c2CC(C)(C)CC3O)C1. The van der Waals surface area contributed by atoms with Crippen LogP contribution in [0.5, 0.6) is 0 Å². The Kier molecular flexibility index (Phi) is 3.89. The van der Waals surface area contributed by atoms with E-state index in [2.05, 4.69) is 54.6 Å². The van der Waals surface area contributed by atoms with Crippen LogP contribution in [0.2, 0.25) is 0 Å². The summed E-state index contributed by atoms with van der Waals surface area (Å²) in [6.45, 7) is 8.96. The summed E-state index contributed by atoms with van der Waals surface area (Å²) in [6.07, 6.45) is 3.82. The summed E-state index contributed by atoms with van der Waals surface area (Å²) in [7, 11) is 4.43. The number of likely N-dealkylation sites (N-methyl/N-ethyl adjacent to an activating group) is 2. The molecule has 1 fully saturated rings. The van der Waals surface area contributed by atoms with Crippen molar-refractivity contribution in [2.75, 3.05) is 33.7 Å². The van der Waals surface area contributed by atoms with E-state index < -0.39 is 0 Å². The molecule has 3 rings (SSSR count). The minimum atomic E-state index is -0.295. The highest BCUT2D eigenvalue weighted by Gasteiger charge is 2.34. The lowest BCUT2D eigenvalue weighted by molar-refractivity contribution is 0.0908. The molecule has 4 nitrogen and oxygen atoms in total. The van der Waals surface area contributed by atoms with E-state index in [0.717, 1.165) is 44.6 Å². The van der Waals surface area contributed by atoms with E-state index >= 15 is 0 Å². The number of aliphatic hydroxyl groups is 1. The van der Waals surface area contributed by atoms with Gasteiger partial charge in [0.2, 0.25) is 0 Å². The summed E-state index contributed by atoms with van der Waals surface area (Å²) >= 11 is 0. The largest absolute Gasteiger partial charge is 0.388 e. The number of piperazine rings is 1. The normalized spacial score (nSPS) is 30.3. The van der Waals surface area contributed by atoms with Crippen molar-refractivity contribution >= 4 is 0 Å². The predicted molar refractivity (Wildman–Crippen MR) is 85.4 cm³/mol. The molecule has 118 valence electrons. The van der Waals surface area contributed by atoms with Crippen LogP contribution >= 0.6 is 0 Å². The average molecular weight is 291 g/mol. The second-order valence-corrected chi connectivity index (χ2v) is 7.83. The molecule has 1 aromatic heterocycles. The molecule has 0 amide bonds. The van der Waals surface area contributed by atoms with Crippen molar-refractivity contribution in [3.8, 4) is 0 Å². The van der Waals surface area contributed by atoms with E-state index in [1.54, 1.807) is 0 Å². The third-order valence-corrected chi connectivity index (χ3v) is 5.25. The average Bonchev–Trinajstić information content (AvgIpc) is 2.76. The van der Waals surface area contributed by atoms with E-state index in [-0.39, 0.29) is 11.5 Å². The molecule has 0 saturated carbocycles. The van der Waals surface area contributed by atoms with Gasteiger partial charge in [0, 0.05) is 49.7 Å². The molecule has 1 saturated heterocycles. The van der Waals surface area contributed by atoms with Crippen molar-refractivity contribution in [1.29, 1.82) is 0 Å². The summed E-state index contributed by atoms with van der Waals surface area (Å²) in [4.78, 5) is 4.89. The van der Waals surface area contributed by atoms with Gasteiger partial charge in [-0.15, -0.1) is 0 Å². The molecule has 1 aliphatic heterocycles. The molecule has 0 bridgehead atoms. The lowest BCUT2D eigenvalue weighted by Gasteiger charge is -2.39. The summed E-state index contributed by atoms with van der Waals surface area (Å²) in [5, 5.41) is 10.4. The lowest BCUT2D eigenvalue weighted by atomic mass is 9.75. The zero-order valence-corrected chi connectivity index (χ0v) is 13.8. The molecule has 1 aromatic rings. The number of fused-ring (bicyclic) bond motifs is 1. The minimum absolute atomic E-state index is 0.192. The monoisotopic (exact) mass is 291 g/mol. The molecule has 2 aliphatic rings. The first kappa shape index (κ1) is 15.1. The van der Waals surface area contributed by atoms with Crippen LogP contribution in [0.15, 0.2) is 12.3 Å². The van der Waals surface area contributed by atoms with E-state index in [9.17, 15) is 5.11 Å². The van der Waals surface area contributed by atoms with Gasteiger partial charge in [-0.2, -0.15) is 0 Å². The van der Waals surface area contributed by atoms with Gasteiger partial charge in [-0.1, -0.05) is 13.8 Å². The number of hydrogen-bond acceptors (Lipinski definition) is 3. The quantitative estimate of drug-likeness (QED) is 0.900. The van der Waals surface area contributed by atoms with E-state index in [1.165, 1.54) is 5.69 Å². The molecule has 2 heterocycles. The highest BCUT2D eigenvalue weighted by atomic mass is 16.3. The maximum atomic E-state index is 10.4. The van der Waals surface area contributed by atoms with Gasteiger partial charge in [-0.05, 0) is 38.4 Å². The lowest BCUT2D eigenvalue weighted by Crippen LogP contribution is -2.51. The number of hydrogen-bond donors (Lipinski definition) is 1. The first-order chi connectivity index (χ1) is 9.85. The molecule has 2 atom stereocenters. The van der Waals surface area contributed by atoms with Crippen LogP contribution in [0, 0.1) is 5.41 Å². The molecule has 2 unspecified atom stereocenters. The van der Waals surface area contributed by atoms with Crippen LogP contribution in [0.4, 0.5) is 0 Å². The van der Waals surface area contributed by atoms with E-state index in [1.807, 2.05) is 0 Å². The Labute approximate surface area is 128 Å². The third-order valence-electron chi connectivity index (χ3n) is 5.25. The third kappa shape index (κ3) is 3.03. The van der Waals surface area contributed by atoms with Gasteiger partial charge >= 0.3 is 0 Å². The molecule has 1 aliphatic carbocycles. The molecule has 4 heteroatoms. The van der Waals surface area contributed by atoms with Crippen molar-refractivity contribution in [2.24, 2.45) is 5.41 Å². The Hall–Kier alpha value is -0.840. The number of rotatable bonds is 2. The van der Waals surface area contributed by atoms with Gasteiger partial charge in [0.15, 0.2) is 0 Å². The summed E-state index contributed by atoms with van der Waals surface area (Å²) in [5.41, 5.74) is 2.69. The molecule has 21 heavy (non-hydrogen) atoms. The van der Waals surface area contributed by atoms with Gasteiger partial charge in [0.1, 0.15) is 0 Å². The van der Waals surface area contributed by atoms with Gasteiger partial charge in [-0.25, -0.2) is 0 Å². The Morgan fingerprint density at radius 1 is 1.29 bits per heavy atom. The number of nitrogens with zero attached hydrogens (tertiary/aromatic N) is 3. The highest BCUT2D eigenvalue weighted by molar-refractivity contribution is 5.29. The summed E-state index contributed by atoms with van der Waals surface area (Å²) in [5.74, 6) is 0. The molecular formula is C17H29N3O. The maximum absolute atomic E-state index is 10.4. The maximum Gasteiger partial charge on any atom is 0.0812 e. The number of aliphatic hydroxyl groups excluding tert-OH is 1. The van der Waals surface area contributed by atoms with Crippen molar-refractivity contribution in [3.63, 3.8) is 0 Å². The Morgan fingerprint density at radius 2 is 2.05 bits per heavy atom. The first-order valence-electron chi connectivity index (χ1n) is 8.10. The molecule has 0 spiro atoms. The predicted octanol–water partition coefficient (Wildman–Crippen LogP) is 1.74. The standard InChI is InChI=1S/C17H29N3O/c1-17(2)9-15-14(16(21)10-17)5-6-20(15)12-13-11-18(3)7-8-19(13)4/h5-6,13,16,21H,7-12H2,1-4H3. The molecule has 1 N–H and O–H groups in total. The van der Waals surface area contributed by atoms with Crippen LogP contribution in [0.1, 0.15) is 37.6 Å². The summed E-state index contributed by atoms with van der Waals surface area (Å²) < 4.78 is 2.39. The van der Waals surface area contributed by atoms with Crippen LogP contribution in [0.25, 0.3) is 0 Å². The van der Waals surface area contributed by atoms with Gasteiger partial charge in [0.05, 0.1) is 6.10 Å². The van der Waals surface area contributed by atoms with E-state index in [0.29, 0.717) is 6.04 Å². The minimum Gasteiger partial charge on any atom is -0.388 e. The second-order valence-electron chi connectivity index (χ2n) is 7.83. The van der Waals surface area contributed by atoms with E-state index in [4.69, 9.17) is 0 Å². The van der Waals surface area contributed by atoms with Crippen LogP contribution in [-0.4, -0.2) is 59.2 Å². The molecule has 0 radical (unpaired) electrons. The van der Waals surface area contributed by atoms with Crippen molar-refractivity contribution in [1.82, 2.24) is 14.4 Å². The fraction of sp³-hybridized carbons (Fsp3) is 0.765. The van der Waals surface area contributed by atoms with Gasteiger partial charge in [0.25, 0.3) is 0 Å². The van der Waals surface area contributed by atoms with Crippen LogP contribution < -0.4 is 0 Å². The Morgan fingerprint density at radius 3 is 2.81 bits per heavy atom. The fourth-order valence-corrected chi connectivity index (χ4v) is 3.88. The zero-order chi connectivity index (χ0) is 15.2. The molecule has 0 aromatic carbocycles. The second kappa shape index (κ2) is 5.41. The summed E-state index contributed by atoms with van der Waals surface area (Å²) in [6, 6.07) is 2.68. The Bertz CT molecular complexity index is 508. The number of aromatic nitrogens is 1. The highest BCUT2D eigenvalue weighted by Crippen LogP contribution is 2.41. The molecular weight excluding hydrogens is 262 g/mol. The zero-order valence-electron chi connectivity index (χ0n) is 13.8. The van der Waals surface area contributed by atoms with Crippen LogP contribution in [-0.2, 0) is 13.0 Å². The van der Waals surface area contributed by atoms with Crippen LogP contribution in [0.3, 0.4) is 0 Å². The first-order valence-corrected chi connectivity index (χ1v) is 8.10. The van der Waals surface area contributed by atoms with Crippen molar-refractivity contribution in [3.05, 3.63) is 23.5 Å². The Balaban J connectivity index is 1.81. The smallest absolute Gasteiger partial charge is 0.0812 e. The van der Waals surface area contributed by atoms with Crippen molar-refractivity contribution in [2.45, 2.75) is 45.4 Å². The fourth-order valence-electron chi connectivity index (χ4n) is 3.88. The van der Waals surface area contributed by atoms with Crippen molar-refractivity contribution < 1.29 is 5.11 Å². The van der Waals surface area contributed by atoms with Gasteiger partial charge < -0.3 is 14.6 Å². The van der Waals surface area contributed by atoms with Gasteiger partial charge in [-0.3, -0.25) is 4.90 Å².